The van der Waals surface area contributed by atoms with Crippen molar-refractivity contribution in [3.8, 4) is 0 Å². The first-order valence-corrected chi connectivity index (χ1v) is 4.79. The molecule has 2 aromatic carbocycles. The number of carboxylic acids is 2. The summed E-state index contributed by atoms with van der Waals surface area (Å²) in [6, 6.07) is 7.59. The van der Waals surface area contributed by atoms with Crippen molar-refractivity contribution in [2.45, 2.75) is 0 Å². The molecule has 0 aliphatic carbocycles. The van der Waals surface area contributed by atoms with Gasteiger partial charge in [-0.15, -0.1) is 0 Å². The Bertz CT molecular complexity index is 634. The van der Waals surface area contributed by atoms with Crippen molar-refractivity contribution in [1.82, 2.24) is 0 Å². The van der Waals surface area contributed by atoms with Crippen LogP contribution in [0.3, 0.4) is 0 Å². The van der Waals surface area contributed by atoms with Gasteiger partial charge in [0.15, 0.2) is 0 Å². The van der Waals surface area contributed by atoms with Gasteiger partial charge in [0, 0.05) is 5.69 Å². The van der Waals surface area contributed by atoms with E-state index in [2.05, 4.69) is 0 Å². The van der Waals surface area contributed by atoms with Crippen molar-refractivity contribution in [2.24, 2.45) is 0 Å². The first kappa shape index (κ1) is 10.9. The van der Waals surface area contributed by atoms with E-state index in [0.717, 1.165) is 0 Å². The maximum atomic E-state index is 11.1. The summed E-state index contributed by atoms with van der Waals surface area (Å²) in [6.45, 7) is 0. The minimum absolute atomic E-state index is 0.234. The predicted octanol–water partition coefficient (Wildman–Crippen LogP) is 1.82. The molecule has 0 radical (unpaired) electrons. The van der Waals surface area contributed by atoms with Crippen molar-refractivity contribution in [2.75, 3.05) is 5.73 Å². The third-order valence-corrected chi connectivity index (χ3v) is 2.49. The average molecular weight is 231 g/mol. The van der Waals surface area contributed by atoms with Gasteiger partial charge in [0.1, 0.15) is 0 Å². The second-order valence-corrected chi connectivity index (χ2v) is 3.58. The van der Waals surface area contributed by atoms with Crippen LogP contribution in [0.4, 0.5) is 5.69 Å². The van der Waals surface area contributed by atoms with Crippen LogP contribution in [0.1, 0.15) is 20.7 Å². The first-order valence-electron chi connectivity index (χ1n) is 4.79. The molecule has 2 rings (SSSR count). The van der Waals surface area contributed by atoms with E-state index in [1.165, 1.54) is 12.1 Å². The molecule has 0 spiro atoms. The van der Waals surface area contributed by atoms with Crippen LogP contribution >= 0.6 is 0 Å². The molecule has 0 atom stereocenters. The lowest BCUT2D eigenvalue weighted by molar-refractivity contribution is 0.0653. The van der Waals surface area contributed by atoms with E-state index < -0.39 is 11.9 Å². The van der Waals surface area contributed by atoms with Crippen LogP contribution in [0.15, 0.2) is 30.3 Å². The van der Waals surface area contributed by atoms with E-state index in [4.69, 9.17) is 15.9 Å². The molecule has 17 heavy (non-hydrogen) atoms. The van der Waals surface area contributed by atoms with Crippen molar-refractivity contribution in [1.29, 1.82) is 0 Å². The fourth-order valence-electron chi connectivity index (χ4n) is 1.75. The molecule has 0 aromatic heterocycles. The summed E-state index contributed by atoms with van der Waals surface area (Å²) in [6.07, 6.45) is 0. The quantitative estimate of drug-likeness (QED) is 0.684. The molecular weight excluding hydrogens is 222 g/mol. The third-order valence-electron chi connectivity index (χ3n) is 2.49. The van der Waals surface area contributed by atoms with Gasteiger partial charge >= 0.3 is 11.9 Å². The molecule has 4 N–H and O–H groups in total. The first-order chi connectivity index (χ1) is 8.00. The van der Waals surface area contributed by atoms with Gasteiger partial charge in [-0.3, -0.25) is 0 Å². The van der Waals surface area contributed by atoms with E-state index in [1.807, 2.05) is 0 Å². The molecule has 0 aliphatic heterocycles. The van der Waals surface area contributed by atoms with Gasteiger partial charge in [-0.05, 0) is 29.0 Å². The molecule has 2 aromatic rings. The maximum absolute atomic E-state index is 11.1. The van der Waals surface area contributed by atoms with Crippen molar-refractivity contribution < 1.29 is 19.8 Å². The largest absolute Gasteiger partial charge is 0.478 e. The second-order valence-electron chi connectivity index (χ2n) is 3.58. The van der Waals surface area contributed by atoms with Gasteiger partial charge in [-0.2, -0.15) is 0 Å². The summed E-state index contributed by atoms with van der Waals surface area (Å²) in [5.41, 5.74) is 5.50. The molecule has 0 bridgehead atoms. The van der Waals surface area contributed by atoms with Crippen LogP contribution in [0, 0.1) is 0 Å². The highest BCUT2D eigenvalue weighted by Crippen LogP contribution is 2.25. The molecule has 5 heteroatoms. The molecule has 0 aliphatic rings. The van der Waals surface area contributed by atoms with Crippen LogP contribution in [0.2, 0.25) is 0 Å². The highest BCUT2D eigenvalue weighted by atomic mass is 16.4. The average Bonchev–Trinajstić information content (AvgIpc) is 2.26. The fourth-order valence-corrected chi connectivity index (χ4v) is 1.75. The standard InChI is InChI=1S/C12H9NO4/c13-7-3-1-6-2-4-8(11(14)15)10(12(16)17)9(6)5-7/h1-5H,13H2,(H,14,15)(H,16,17). The van der Waals surface area contributed by atoms with Crippen LogP contribution < -0.4 is 5.73 Å². The molecule has 0 heterocycles. The summed E-state index contributed by atoms with van der Waals surface area (Å²) < 4.78 is 0. The number of anilines is 1. The Kier molecular flexibility index (Phi) is 2.44. The summed E-state index contributed by atoms with van der Waals surface area (Å²) in [7, 11) is 0. The molecule has 0 amide bonds. The lowest BCUT2D eigenvalue weighted by Crippen LogP contribution is -2.08. The van der Waals surface area contributed by atoms with E-state index in [9.17, 15) is 9.59 Å². The van der Waals surface area contributed by atoms with Crippen LogP contribution in [0.25, 0.3) is 10.8 Å². The van der Waals surface area contributed by atoms with Crippen molar-refractivity contribution in [3.63, 3.8) is 0 Å². The lowest BCUT2D eigenvalue weighted by atomic mass is 9.98. The topological polar surface area (TPSA) is 101 Å². The Hall–Kier alpha value is -2.56. The highest BCUT2D eigenvalue weighted by molar-refractivity contribution is 6.12. The zero-order valence-electron chi connectivity index (χ0n) is 8.68. The summed E-state index contributed by atoms with van der Waals surface area (Å²) in [5, 5.41) is 19.0. The second kappa shape index (κ2) is 3.79. The highest BCUT2D eigenvalue weighted by Gasteiger charge is 2.18. The normalized spacial score (nSPS) is 10.4. The number of nitrogens with two attached hydrogens (primary N) is 1. The Morgan fingerprint density at radius 3 is 2.24 bits per heavy atom. The molecule has 0 fully saturated rings. The molecule has 86 valence electrons. The molecule has 0 saturated carbocycles. The Morgan fingerprint density at radius 1 is 1.00 bits per heavy atom. The third kappa shape index (κ3) is 1.78. The number of hydrogen-bond acceptors (Lipinski definition) is 3. The van der Waals surface area contributed by atoms with Crippen molar-refractivity contribution >= 4 is 28.4 Å². The van der Waals surface area contributed by atoms with E-state index >= 15 is 0 Å². The molecule has 0 unspecified atom stereocenters. The van der Waals surface area contributed by atoms with Crippen LogP contribution in [-0.4, -0.2) is 22.2 Å². The number of nitrogen functional groups attached to an aromatic ring is 1. The fraction of sp³-hybridized carbons (Fsp3) is 0. The molecular formula is C12H9NO4. The number of rotatable bonds is 2. The van der Waals surface area contributed by atoms with Gasteiger partial charge in [0.05, 0.1) is 11.1 Å². The maximum Gasteiger partial charge on any atom is 0.337 e. The van der Waals surface area contributed by atoms with Gasteiger partial charge < -0.3 is 15.9 Å². The van der Waals surface area contributed by atoms with Crippen LogP contribution in [-0.2, 0) is 0 Å². The number of carbonyl (C=O) groups is 2. The van der Waals surface area contributed by atoms with E-state index in [1.54, 1.807) is 18.2 Å². The number of benzene rings is 2. The lowest BCUT2D eigenvalue weighted by Gasteiger charge is -2.07. The predicted molar refractivity (Wildman–Crippen MR) is 62.3 cm³/mol. The molecule has 5 nitrogen and oxygen atoms in total. The molecule has 0 saturated heterocycles. The number of fused-ring (bicyclic) bond motifs is 1. The van der Waals surface area contributed by atoms with Gasteiger partial charge in [-0.25, -0.2) is 9.59 Å². The summed E-state index contributed by atoms with van der Waals surface area (Å²) >= 11 is 0. The van der Waals surface area contributed by atoms with Crippen LogP contribution in [0.5, 0.6) is 0 Å². The number of carboxylic acid groups (broad SMARTS) is 2. The summed E-state index contributed by atoms with van der Waals surface area (Å²) in [5.74, 6) is -2.55. The Labute approximate surface area is 96.1 Å². The Morgan fingerprint density at radius 2 is 1.65 bits per heavy atom. The SMILES string of the molecule is Nc1ccc2ccc(C(=O)O)c(C(=O)O)c2c1. The smallest absolute Gasteiger partial charge is 0.337 e. The zero-order chi connectivity index (χ0) is 12.6. The van der Waals surface area contributed by atoms with Gasteiger partial charge in [0.25, 0.3) is 0 Å². The zero-order valence-corrected chi connectivity index (χ0v) is 8.68. The van der Waals surface area contributed by atoms with E-state index in [-0.39, 0.29) is 11.1 Å². The van der Waals surface area contributed by atoms with Gasteiger partial charge in [0.2, 0.25) is 0 Å². The minimum atomic E-state index is -1.28. The van der Waals surface area contributed by atoms with Crippen molar-refractivity contribution in [3.05, 3.63) is 41.5 Å². The summed E-state index contributed by atoms with van der Waals surface area (Å²) in [4.78, 5) is 22.1. The Balaban J connectivity index is 2.92. The number of hydrogen-bond donors (Lipinski definition) is 3. The van der Waals surface area contributed by atoms with E-state index in [0.29, 0.717) is 16.5 Å². The van der Waals surface area contributed by atoms with Gasteiger partial charge in [-0.1, -0.05) is 12.1 Å². The number of aromatic carboxylic acids is 2. The monoisotopic (exact) mass is 231 g/mol. The minimum Gasteiger partial charge on any atom is -0.478 e.